The maximum absolute atomic E-state index is 13.1. The second kappa shape index (κ2) is 7.36. The van der Waals surface area contributed by atoms with E-state index in [1.165, 1.54) is 11.1 Å². The van der Waals surface area contributed by atoms with Crippen LogP contribution in [0.2, 0.25) is 0 Å². The monoisotopic (exact) mass is 419 g/mol. The minimum absolute atomic E-state index is 0.0644. The number of fused-ring (bicyclic) bond motifs is 5. The van der Waals surface area contributed by atoms with E-state index in [1.54, 1.807) is 0 Å². The Morgan fingerprint density at radius 2 is 1.87 bits per heavy atom. The minimum atomic E-state index is -0.774. The van der Waals surface area contributed by atoms with Crippen molar-refractivity contribution in [3.05, 3.63) is 59.2 Å². The van der Waals surface area contributed by atoms with Gasteiger partial charge in [0, 0.05) is 24.1 Å². The zero-order valence-corrected chi connectivity index (χ0v) is 18.6. The van der Waals surface area contributed by atoms with Crippen molar-refractivity contribution >= 4 is 11.9 Å². The summed E-state index contributed by atoms with van der Waals surface area (Å²) in [5, 5.41) is 9.48. The molecule has 31 heavy (non-hydrogen) atoms. The molecule has 164 valence electrons. The van der Waals surface area contributed by atoms with Crippen molar-refractivity contribution in [3.8, 4) is 0 Å². The number of rotatable bonds is 3. The molecule has 4 heteroatoms. The number of likely N-dealkylation sites (tertiary alicyclic amines) is 1. The molecular weight excluding hydrogens is 386 g/mol. The van der Waals surface area contributed by atoms with Crippen molar-refractivity contribution in [1.29, 1.82) is 0 Å². The van der Waals surface area contributed by atoms with Crippen LogP contribution in [0.5, 0.6) is 0 Å². The van der Waals surface area contributed by atoms with Crippen LogP contribution in [0.3, 0.4) is 0 Å². The Kier molecular flexibility index (Phi) is 4.87. The second-order valence-corrected chi connectivity index (χ2v) is 10.6. The zero-order valence-electron chi connectivity index (χ0n) is 18.6. The molecule has 0 unspecified atom stereocenters. The molecule has 2 fully saturated rings. The molecule has 3 aliphatic carbocycles. The summed E-state index contributed by atoms with van der Waals surface area (Å²) < 4.78 is 0. The lowest BCUT2D eigenvalue weighted by Crippen LogP contribution is -2.63. The summed E-state index contributed by atoms with van der Waals surface area (Å²) in [6.07, 6.45) is 10.7. The van der Waals surface area contributed by atoms with E-state index < -0.39 is 5.97 Å². The van der Waals surface area contributed by atoms with E-state index in [2.05, 4.69) is 49.1 Å². The Balaban J connectivity index is 1.46. The number of aliphatic carboxylic acids is 1. The first-order valence-corrected chi connectivity index (χ1v) is 11.8. The van der Waals surface area contributed by atoms with E-state index in [-0.39, 0.29) is 11.0 Å². The Morgan fingerprint density at radius 1 is 1.10 bits per heavy atom. The normalized spacial score (nSPS) is 37.2. The molecule has 0 spiro atoms. The topological polar surface area (TPSA) is 57.6 Å². The Morgan fingerprint density at radius 3 is 2.61 bits per heavy atom. The first kappa shape index (κ1) is 20.5. The highest BCUT2D eigenvalue weighted by Gasteiger charge is 2.57. The summed E-state index contributed by atoms with van der Waals surface area (Å²) in [6.45, 7) is 5.40. The van der Waals surface area contributed by atoms with Gasteiger partial charge in [0.15, 0.2) is 0 Å². The van der Waals surface area contributed by atoms with Crippen molar-refractivity contribution < 1.29 is 14.7 Å². The predicted octanol–water partition coefficient (Wildman–Crippen LogP) is 5.35. The molecule has 4 aliphatic rings. The predicted molar refractivity (Wildman–Crippen MR) is 120 cm³/mol. The van der Waals surface area contributed by atoms with Crippen LogP contribution < -0.4 is 0 Å². The van der Waals surface area contributed by atoms with E-state index in [1.807, 2.05) is 12.1 Å². The smallest absolute Gasteiger partial charge is 0.331 e. The van der Waals surface area contributed by atoms with Gasteiger partial charge in [-0.3, -0.25) is 4.79 Å². The number of allylic oxidation sites excluding steroid dienone is 3. The first-order chi connectivity index (χ1) is 14.8. The van der Waals surface area contributed by atoms with E-state index in [9.17, 15) is 14.7 Å². The quantitative estimate of drug-likeness (QED) is 0.718. The van der Waals surface area contributed by atoms with Gasteiger partial charge in [0.2, 0.25) is 5.91 Å². The molecule has 0 radical (unpaired) electrons. The molecule has 1 saturated heterocycles. The Labute approximate surface area is 185 Å². The summed E-state index contributed by atoms with van der Waals surface area (Å²) in [5.41, 5.74) is 2.98. The van der Waals surface area contributed by atoms with E-state index in [0.29, 0.717) is 48.6 Å². The summed E-state index contributed by atoms with van der Waals surface area (Å²) in [5.74, 6) is 1.17. The van der Waals surface area contributed by atoms with E-state index >= 15 is 0 Å². The lowest BCUT2D eigenvalue weighted by atomic mass is 9.48. The Hall–Kier alpha value is -2.36. The largest absolute Gasteiger partial charge is 0.478 e. The molecule has 5 atom stereocenters. The maximum Gasteiger partial charge on any atom is 0.331 e. The summed E-state index contributed by atoms with van der Waals surface area (Å²) in [7, 11) is 0. The lowest BCUT2D eigenvalue weighted by molar-refractivity contribution is -0.158. The molecule has 1 aliphatic heterocycles. The third-order valence-electron chi connectivity index (χ3n) is 9.17. The van der Waals surface area contributed by atoms with Crippen LogP contribution >= 0.6 is 0 Å². The molecular formula is C27H33NO3. The number of nitrogens with zero attached hydrogens (tertiary/aromatic N) is 1. The average molecular weight is 420 g/mol. The molecule has 5 rings (SSSR count). The van der Waals surface area contributed by atoms with Gasteiger partial charge < -0.3 is 10.0 Å². The van der Waals surface area contributed by atoms with Crippen molar-refractivity contribution in [2.24, 2.45) is 23.2 Å². The number of carboxylic acids is 1. The van der Waals surface area contributed by atoms with Gasteiger partial charge in [0.05, 0.1) is 0 Å². The highest BCUT2D eigenvalue weighted by atomic mass is 16.4. The fourth-order valence-electron chi connectivity index (χ4n) is 7.39. The Bertz CT molecular complexity index is 964. The van der Waals surface area contributed by atoms with Crippen LogP contribution in [-0.2, 0) is 16.1 Å². The van der Waals surface area contributed by atoms with Crippen LogP contribution in [-0.4, -0.2) is 27.4 Å². The van der Waals surface area contributed by atoms with Crippen molar-refractivity contribution in [2.45, 2.75) is 70.9 Å². The van der Waals surface area contributed by atoms with Crippen molar-refractivity contribution in [2.75, 3.05) is 0 Å². The summed E-state index contributed by atoms with van der Waals surface area (Å²) >= 11 is 0. The fourth-order valence-corrected chi connectivity index (χ4v) is 7.39. The molecule has 1 N–H and O–H groups in total. The van der Waals surface area contributed by atoms with Crippen LogP contribution in [0, 0.1) is 23.2 Å². The number of piperidine rings is 1. The SMILES string of the molecule is C[C@]12CCC(C(=O)O)=CC1=CC[C@@H]1[C@@H]2CC[C@@]2(C)[C@H]1CCC(=O)N2Cc1ccccc1. The van der Waals surface area contributed by atoms with Crippen LogP contribution in [0.1, 0.15) is 64.4 Å². The van der Waals surface area contributed by atoms with E-state index in [0.717, 1.165) is 32.1 Å². The lowest BCUT2D eigenvalue weighted by Gasteiger charge is -2.61. The fraction of sp³-hybridized carbons (Fsp3) is 0.556. The zero-order chi connectivity index (χ0) is 21.8. The number of carbonyl (C=O) groups is 2. The first-order valence-electron chi connectivity index (χ1n) is 11.8. The van der Waals surface area contributed by atoms with Gasteiger partial charge in [0.1, 0.15) is 0 Å². The van der Waals surface area contributed by atoms with Crippen LogP contribution in [0.25, 0.3) is 0 Å². The average Bonchev–Trinajstić information content (AvgIpc) is 2.75. The highest BCUT2D eigenvalue weighted by molar-refractivity contribution is 5.87. The third kappa shape index (κ3) is 3.18. The number of carboxylic acid groups (broad SMARTS) is 1. The number of hydrogen-bond acceptors (Lipinski definition) is 2. The molecule has 0 aromatic heterocycles. The third-order valence-corrected chi connectivity index (χ3v) is 9.17. The maximum atomic E-state index is 13.1. The highest BCUT2D eigenvalue weighted by Crippen LogP contribution is 2.61. The molecule has 1 amide bonds. The number of amides is 1. The molecule has 1 heterocycles. The molecule has 4 nitrogen and oxygen atoms in total. The standard InChI is InChI=1S/C27H33NO3/c1-26-14-12-19(25(30)31)16-20(26)8-9-21-22(26)13-15-27(2)23(21)10-11-24(29)28(27)17-18-6-4-3-5-7-18/h3-8,16,21-23H,9-15,17H2,1-2H3,(H,30,31)/t21-,22+,23+,26+,27+/m1/s1. The van der Waals surface area contributed by atoms with Gasteiger partial charge in [-0.25, -0.2) is 4.79 Å². The van der Waals surface area contributed by atoms with Crippen LogP contribution in [0.15, 0.2) is 53.6 Å². The summed E-state index contributed by atoms with van der Waals surface area (Å²) in [4.78, 5) is 26.8. The van der Waals surface area contributed by atoms with Gasteiger partial charge in [-0.05, 0) is 85.8 Å². The number of carbonyl (C=O) groups excluding carboxylic acids is 1. The van der Waals surface area contributed by atoms with Crippen LogP contribution in [0.4, 0.5) is 0 Å². The molecule has 1 aromatic carbocycles. The van der Waals surface area contributed by atoms with Gasteiger partial charge in [-0.2, -0.15) is 0 Å². The summed E-state index contributed by atoms with van der Waals surface area (Å²) in [6, 6.07) is 10.4. The molecule has 1 saturated carbocycles. The number of hydrogen-bond donors (Lipinski definition) is 1. The minimum Gasteiger partial charge on any atom is -0.478 e. The van der Waals surface area contributed by atoms with Gasteiger partial charge in [-0.1, -0.05) is 43.3 Å². The van der Waals surface area contributed by atoms with Gasteiger partial charge in [-0.15, -0.1) is 0 Å². The van der Waals surface area contributed by atoms with E-state index in [4.69, 9.17) is 0 Å². The molecule has 0 bridgehead atoms. The van der Waals surface area contributed by atoms with Crippen molar-refractivity contribution in [3.63, 3.8) is 0 Å². The second-order valence-electron chi connectivity index (χ2n) is 10.6. The van der Waals surface area contributed by atoms with Gasteiger partial charge >= 0.3 is 5.97 Å². The van der Waals surface area contributed by atoms with Gasteiger partial charge in [0.25, 0.3) is 0 Å². The van der Waals surface area contributed by atoms with Crippen molar-refractivity contribution in [1.82, 2.24) is 4.90 Å². The molecule has 1 aromatic rings. The number of benzene rings is 1.